The number of pyridine rings is 1. The third-order valence-corrected chi connectivity index (χ3v) is 3.44. The van der Waals surface area contributed by atoms with E-state index in [4.69, 9.17) is 5.73 Å². The highest BCUT2D eigenvalue weighted by atomic mass is 15.2. The van der Waals surface area contributed by atoms with Gasteiger partial charge in [0, 0.05) is 19.3 Å². The van der Waals surface area contributed by atoms with Crippen LogP contribution < -0.4 is 10.6 Å². The van der Waals surface area contributed by atoms with Crippen molar-refractivity contribution in [3.63, 3.8) is 0 Å². The molecule has 0 amide bonds. The second-order valence-electron chi connectivity index (χ2n) is 5.02. The number of hydrogen-bond acceptors (Lipinski definition) is 3. The van der Waals surface area contributed by atoms with Crippen LogP contribution in [0, 0.1) is 6.92 Å². The van der Waals surface area contributed by atoms with Gasteiger partial charge in [-0.2, -0.15) is 0 Å². The minimum Gasteiger partial charge on any atom is -0.352 e. The van der Waals surface area contributed by atoms with Crippen molar-refractivity contribution in [3.8, 4) is 0 Å². The van der Waals surface area contributed by atoms with Gasteiger partial charge in [0.25, 0.3) is 0 Å². The molecule has 0 aliphatic carbocycles. The monoisotopic (exact) mass is 269 g/mol. The van der Waals surface area contributed by atoms with Gasteiger partial charge < -0.3 is 10.6 Å². The van der Waals surface area contributed by atoms with Crippen LogP contribution in [0.2, 0.25) is 0 Å². The van der Waals surface area contributed by atoms with E-state index in [1.165, 1.54) is 16.7 Å². The van der Waals surface area contributed by atoms with Crippen LogP contribution in [0.4, 0.5) is 5.82 Å². The van der Waals surface area contributed by atoms with Crippen molar-refractivity contribution in [2.45, 2.75) is 26.8 Å². The third-order valence-electron chi connectivity index (χ3n) is 3.44. The molecular formula is C17H23N3. The Morgan fingerprint density at radius 2 is 1.90 bits per heavy atom. The Morgan fingerprint density at radius 3 is 2.50 bits per heavy atom. The Morgan fingerprint density at radius 1 is 1.15 bits per heavy atom. The largest absolute Gasteiger partial charge is 0.352 e. The van der Waals surface area contributed by atoms with Gasteiger partial charge in [-0.15, -0.1) is 0 Å². The fourth-order valence-electron chi connectivity index (χ4n) is 2.40. The molecule has 0 atom stereocenters. The Labute approximate surface area is 121 Å². The van der Waals surface area contributed by atoms with E-state index in [1.807, 2.05) is 12.3 Å². The van der Waals surface area contributed by atoms with Crippen molar-refractivity contribution in [3.05, 3.63) is 59.3 Å². The summed E-state index contributed by atoms with van der Waals surface area (Å²) in [5, 5.41) is 0. The molecule has 3 heteroatoms. The van der Waals surface area contributed by atoms with Crippen molar-refractivity contribution in [1.29, 1.82) is 0 Å². The number of anilines is 1. The molecule has 2 rings (SSSR count). The average molecular weight is 269 g/mol. The van der Waals surface area contributed by atoms with Crippen molar-refractivity contribution in [2.75, 3.05) is 18.0 Å². The van der Waals surface area contributed by atoms with E-state index in [0.717, 1.165) is 25.3 Å². The zero-order valence-electron chi connectivity index (χ0n) is 12.3. The average Bonchev–Trinajstić information content (AvgIpc) is 2.47. The molecule has 0 spiro atoms. The summed E-state index contributed by atoms with van der Waals surface area (Å²) in [7, 11) is 0. The van der Waals surface area contributed by atoms with E-state index in [0.29, 0.717) is 6.54 Å². The quantitative estimate of drug-likeness (QED) is 0.876. The van der Waals surface area contributed by atoms with Crippen LogP contribution in [-0.4, -0.2) is 18.1 Å². The Kier molecular flexibility index (Phi) is 5.13. The van der Waals surface area contributed by atoms with Crippen molar-refractivity contribution >= 4 is 5.82 Å². The number of hydrogen-bond donors (Lipinski definition) is 1. The highest BCUT2D eigenvalue weighted by Crippen LogP contribution is 2.20. The van der Waals surface area contributed by atoms with E-state index in [2.05, 4.69) is 54.1 Å². The van der Waals surface area contributed by atoms with Crippen LogP contribution in [0.3, 0.4) is 0 Å². The summed E-state index contributed by atoms with van der Waals surface area (Å²) in [6, 6.07) is 12.7. The van der Waals surface area contributed by atoms with Crippen LogP contribution in [-0.2, 0) is 13.0 Å². The van der Waals surface area contributed by atoms with E-state index >= 15 is 0 Å². The molecule has 0 bridgehead atoms. The summed E-state index contributed by atoms with van der Waals surface area (Å²) in [5.41, 5.74) is 9.33. The van der Waals surface area contributed by atoms with Gasteiger partial charge in [0.2, 0.25) is 0 Å². The molecule has 0 fully saturated rings. The molecular weight excluding hydrogens is 246 g/mol. The second-order valence-corrected chi connectivity index (χ2v) is 5.02. The first-order valence-electron chi connectivity index (χ1n) is 7.19. The standard InChI is InChI=1S/C17H23N3/c1-3-20(13-15-7-5-4-6-8-15)17-14(2)11-16(9-10-18)12-19-17/h4-8,11-12H,3,9-10,13,18H2,1-2H3. The van der Waals surface area contributed by atoms with Gasteiger partial charge in [-0.3, -0.25) is 0 Å². The lowest BCUT2D eigenvalue weighted by Crippen LogP contribution is -2.24. The van der Waals surface area contributed by atoms with Crippen LogP contribution in [0.25, 0.3) is 0 Å². The summed E-state index contributed by atoms with van der Waals surface area (Å²) in [6.07, 6.45) is 2.84. The number of aryl methyl sites for hydroxylation is 1. The lowest BCUT2D eigenvalue weighted by Gasteiger charge is -2.24. The first kappa shape index (κ1) is 14.5. The highest BCUT2D eigenvalue weighted by Gasteiger charge is 2.10. The molecule has 0 aliphatic heterocycles. The Bertz CT molecular complexity index is 537. The van der Waals surface area contributed by atoms with Crippen LogP contribution in [0.5, 0.6) is 0 Å². The van der Waals surface area contributed by atoms with Crippen molar-refractivity contribution < 1.29 is 0 Å². The normalized spacial score (nSPS) is 10.6. The summed E-state index contributed by atoms with van der Waals surface area (Å²) in [4.78, 5) is 6.94. The summed E-state index contributed by atoms with van der Waals surface area (Å²) >= 11 is 0. The smallest absolute Gasteiger partial charge is 0.131 e. The summed E-state index contributed by atoms with van der Waals surface area (Å²) in [5.74, 6) is 1.07. The maximum absolute atomic E-state index is 5.60. The first-order valence-corrected chi connectivity index (χ1v) is 7.19. The van der Waals surface area contributed by atoms with Gasteiger partial charge >= 0.3 is 0 Å². The zero-order valence-corrected chi connectivity index (χ0v) is 12.3. The van der Waals surface area contributed by atoms with E-state index in [1.54, 1.807) is 0 Å². The number of nitrogens with zero attached hydrogens (tertiary/aromatic N) is 2. The van der Waals surface area contributed by atoms with Crippen molar-refractivity contribution in [1.82, 2.24) is 4.98 Å². The van der Waals surface area contributed by atoms with Gasteiger partial charge in [-0.05, 0) is 43.5 Å². The van der Waals surface area contributed by atoms with Crippen LogP contribution >= 0.6 is 0 Å². The Hall–Kier alpha value is -1.87. The maximum Gasteiger partial charge on any atom is 0.131 e. The molecule has 2 aromatic rings. The number of nitrogens with two attached hydrogens (primary N) is 1. The van der Waals surface area contributed by atoms with Crippen LogP contribution in [0.15, 0.2) is 42.6 Å². The molecule has 2 N–H and O–H groups in total. The SMILES string of the molecule is CCN(Cc1ccccc1)c1ncc(CCN)cc1C. The molecule has 0 radical (unpaired) electrons. The predicted molar refractivity (Wildman–Crippen MR) is 84.9 cm³/mol. The van der Waals surface area contributed by atoms with E-state index in [9.17, 15) is 0 Å². The number of rotatable bonds is 6. The molecule has 106 valence electrons. The second kappa shape index (κ2) is 7.06. The fraction of sp³-hybridized carbons (Fsp3) is 0.353. The first-order chi connectivity index (χ1) is 9.74. The van der Waals surface area contributed by atoms with Crippen LogP contribution in [0.1, 0.15) is 23.6 Å². The molecule has 3 nitrogen and oxygen atoms in total. The number of benzene rings is 1. The Balaban J connectivity index is 2.19. The number of aromatic nitrogens is 1. The predicted octanol–water partition coefficient (Wildman–Crippen LogP) is 2.92. The molecule has 0 unspecified atom stereocenters. The van der Waals surface area contributed by atoms with Gasteiger partial charge in [0.15, 0.2) is 0 Å². The van der Waals surface area contributed by atoms with Gasteiger partial charge in [-0.25, -0.2) is 4.98 Å². The van der Waals surface area contributed by atoms with Gasteiger partial charge in [-0.1, -0.05) is 36.4 Å². The zero-order chi connectivity index (χ0) is 14.4. The summed E-state index contributed by atoms with van der Waals surface area (Å²) in [6.45, 7) is 6.79. The molecule has 1 aromatic heterocycles. The topological polar surface area (TPSA) is 42.2 Å². The van der Waals surface area contributed by atoms with Gasteiger partial charge in [0.05, 0.1) is 0 Å². The lowest BCUT2D eigenvalue weighted by atomic mass is 10.1. The fourth-order valence-corrected chi connectivity index (χ4v) is 2.40. The summed E-state index contributed by atoms with van der Waals surface area (Å²) < 4.78 is 0. The molecule has 0 saturated carbocycles. The molecule has 1 heterocycles. The maximum atomic E-state index is 5.60. The third kappa shape index (κ3) is 3.58. The van der Waals surface area contributed by atoms with Crippen molar-refractivity contribution in [2.24, 2.45) is 5.73 Å². The molecule has 0 saturated heterocycles. The lowest BCUT2D eigenvalue weighted by molar-refractivity contribution is 0.806. The van der Waals surface area contributed by atoms with Gasteiger partial charge in [0.1, 0.15) is 5.82 Å². The highest BCUT2D eigenvalue weighted by molar-refractivity contribution is 5.48. The minimum absolute atomic E-state index is 0.669. The molecule has 20 heavy (non-hydrogen) atoms. The van der Waals surface area contributed by atoms with E-state index < -0.39 is 0 Å². The van der Waals surface area contributed by atoms with E-state index in [-0.39, 0.29) is 0 Å². The minimum atomic E-state index is 0.669. The molecule has 0 aliphatic rings. The molecule has 1 aromatic carbocycles.